The summed E-state index contributed by atoms with van der Waals surface area (Å²) in [6.07, 6.45) is 0. The number of hydrogen-bond donors (Lipinski definition) is 0. The van der Waals surface area contributed by atoms with Crippen LogP contribution in [0.5, 0.6) is 0 Å². The summed E-state index contributed by atoms with van der Waals surface area (Å²) >= 11 is 2.06. The molecule has 0 radical (unpaired) electrons. The number of rotatable bonds is 2. The number of hydrogen-bond acceptors (Lipinski definition) is 2. The minimum Gasteiger partial charge on any atom is -0.294 e. The molecule has 0 aliphatic heterocycles. The van der Waals surface area contributed by atoms with E-state index >= 15 is 0 Å². The highest BCUT2D eigenvalue weighted by molar-refractivity contribution is 14.1. The van der Waals surface area contributed by atoms with Gasteiger partial charge in [-0.25, -0.2) is 0 Å². The molecule has 68 valence electrons. The number of ketones is 2. The summed E-state index contributed by atoms with van der Waals surface area (Å²) in [5.74, 6) is -0.126. The van der Waals surface area contributed by atoms with Crippen molar-refractivity contribution in [1.29, 1.82) is 0 Å². The van der Waals surface area contributed by atoms with Gasteiger partial charge >= 0.3 is 0 Å². The zero-order valence-electron chi connectivity index (χ0n) is 7.43. The predicted octanol–water partition coefficient (Wildman–Crippen LogP) is 2.70. The highest BCUT2D eigenvalue weighted by Gasteiger charge is 2.13. The molecule has 0 saturated carbocycles. The minimum absolute atomic E-state index is 0.0600. The molecule has 0 aliphatic carbocycles. The molecule has 1 rings (SSSR count). The van der Waals surface area contributed by atoms with Crippen molar-refractivity contribution < 1.29 is 9.59 Å². The molecule has 0 fully saturated rings. The molecule has 0 spiro atoms. The van der Waals surface area contributed by atoms with Crippen molar-refractivity contribution in [2.75, 3.05) is 0 Å². The van der Waals surface area contributed by atoms with Gasteiger partial charge in [-0.05, 0) is 42.5 Å². The molecule has 0 heterocycles. The van der Waals surface area contributed by atoms with Crippen molar-refractivity contribution >= 4 is 34.2 Å². The normalized spacial score (nSPS) is 9.77. The van der Waals surface area contributed by atoms with Gasteiger partial charge in [0, 0.05) is 14.7 Å². The fourth-order valence-corrected chi connectivity index (χ4v) is 2.05. The summed E-state index contributed by atoms with van der Waals surface area (Å²) in [7, 11) is 0. The molecule has 3 heteroatoms. The number of Topliss-reactive ketones (excluding diaryl/α,β-unsaturated/α-hetero) is 2. The lowest BCUT2D eigenvalue weighted by atomic mass is 10.0. The van der Waals surface area contributed by atoms with E-state index in [2.05, 4.69) is 22.6 Å². The van der Waals surface area contributed by atoms with E-state index in [9.17, 15) is 9.59 Å². The van der Waals surface area contributed by atoms with Crippen molar-refractivity contribution in [3.63, 3.8) is 0 Å². The summed E-state index contributed by atoms with van der Waals surface area (Å²) in [5, 5.41) is 0. The molecule has 0 N–H and O–H groups in total. The maximum Gasteiger partial charge on any atom is 0.161 e. The molecule has 13 heavy (non-hydrogen) atoms. The van der Waals surface area contributed by atoms with Crippen LogP contribution in [0.1, 0.15) is 34.6 Å². The van der Waals surface area contributed by atoms with E-state index in [0.29, 0.717) is 11.1 Å². The van der Waals surface area contributed by atoms with Crippen LogP contribution in [-0.4, -0.2) is 11.6 Å². The van der Waals surface area contributed by atoms with Crippen molar-refractivity contribution in [2.45, 2.75) is 13.8 Å². The number of benzene rings is 1. The smallest absolute Gasteiger partial charge is 0.161 e. The highest BCUT2D eigenvalue weighted by Crippen LogP contribution is 2.18. The van der Waals surface area contributed by atoms with Gasteiger partial charge in [0.15, 0.2) is 11.6 Å². The van der Waals surface area contributed by atoms with Crippen molar-refractivity contribution in [2.24, 2.45) is 0 Å². The number of halogens is 1. The minimum atomic E-state index is -0.0660. The van der Waals surface area contributed by atoms with Gasteiger partial charge in [-0.1, -0.05) is 12.1 Å². The standard InChI is InChI=1S/C10H9IO2/c1-6(12)8-4-3-5-9(11)10(8)7(2)13/h3-5H,1-2H3. The third-order valence-corrected chi connectivity index (χ3v) is 2.64. The molecule has 2 nitrogen and oxygen atoms in total. The Morgan fingerprint density at radius 3 is 2.15 bits per heavy atom. The van der Waals surface area contributed by atoms with Gasteiger partial charge in [-0.2, -0.15) is 0 Å². The lowest BCUT2D eigenvalue weighted by molar-refractivity contribution is 0.0980. The van der Waals surface area contributed by atoms with Gasteiger partial charge in [0.05, 0.1) is 0 Å². The zero-order chi connectivity index (χ0) is 10.0. The van der Waals surface area contributed by atoms with Crippen LogP contribution in [0.4, 0.5) is 0 Å². The molecular formula is C10H9IO2. The van der Waals surface area contributed by atoms with Crippen LogP contribution in [0.25, 0.3) is 0 Å². The summed E-state index contributed by atoms with van der Waals surface area (Å²) < 4.78 is 0.831. The van der Waals surface area contributed by atoms with Crippen molar-refractivity contribution in [3.05, 3.63) is 32.9 Å². The molecule has 0 atom stereocenters. The number of carbonyl (C=O) groups excluding carboxylic acids is 2. The second-order valence-electron chi connectivity index (χ2n) is 2.77. The Bertz CT molecular complexity index is 369. The molecule has 0 unspecified atom stereocenters. The van der Waals surface area contributed by atoms with Crippen molar-refractivity contribution in [1.82, 2.24) is 0 Å². The Morgan fingerprint density at radius 2 is 1.77 bits per heavy atom. The summed E-state index contributed by atoms with van der Waals surface area (Å²) in [5.41, 5.74) is 1.05. The summed E-state index contributed by atoms with van der Waals surface area (Å²) in [6.45, 7) is 2.95. The fraction of sp³-hybridized carbons (Fsp3) is 0.200. The van der Waals surface area contributed by atoms with E-state index in [-0.39, 0.29) is 11.6 Å². The first-order valence-electron chi connectivity index (χ1n) is 3.84. The maximum absolute atomic E-state index is 11.2. The molecule has 1 aromatic rings. The Hall–Kier alpha value is -0.710. The van der Waals surface area contributed by atoms with Crippen molar-refractivity contribution in [3.8, 4) is 0 Å². The zero-order valence-corrected chi connectivity index (χ0v) is 9.58. The van der Waals surface area contributed by atoms with Gasteiger partial charge in [0.1, 0.15) is 0 Å². The molecule has 0 amide bonds. The van der Waals surface area contributed by atoms with Crippen LogP contribution in [0.2, 0.25) is 0 Å². The molecule has 0 bridgehead atoms. The van der Waals surface area contributed by atoms with Crippen LogP contribution in [0, 0.1) is 3.57 Å². The van der Waals surface area contributed by atoms with E-state index in [1.807, 2.05) is 6.07 Å². The van der Waals surface area contributed by atoms with E-state index < -0.39 is 0 Å². The lowest BCUT2D eigenvalue weighted by Gasteiger charge is -2.04. The molecule has 0 aromatic heterocycles. The SMILES string of the molecule is CC(=O)c1cccc(I)c1C(C)=O. The topological polar surface area (TPSA) is 34.1 Å². The first-order chi connectivity index (χ1) is 6.04. The lowest BCUT2D eigenvalue weighted by Crippen LogP contribution is -2.06. The van der Waals surface area contributed by atoms with E-state index in [1.165, 1.54) is 13.8 Å². The summed E-state index contributed by atoms with van der Waals surface area (Å²) in [6, 6.07) is 5.29. The summed E-state index contributed by atoms with van der Waals surface area (Å²) in [4.78, 5) is 22.4. The second-order valence-corrected chi connectivity index (χ2v) is 3.94. The van der Waals surface area contributed by atoms with Crippen LogP contribution < -0.4 is 0 Å². The molecule has 0 saturated heterocycles. The second kappa shape index (κ2) is 4.00. The third-order valence-electron chi connectivity index (χ3n) is 1.74. The average Bonchev–Trinajstić information content (AvgIpc) is 2.02. The number of carbonyl (C=O) groups is 2. The highest BCUT2D eigenvalue weighted by atomic mass is 127. The Balaban J connectivity index is 3.43. The van der Waals surface area contributed by atoms with Gasteiger partial charge in [-0.3, -0.25) is 9.59 Å². The Labute approximate surface area is 90.5 Å². The first-order valence-corrected chi connectivity index (χ1v) is 4.92. The van der Waals surface area contributed by atoms with E-state index in [4.69, 9.17) is 0 Å². The fourth-order valence-electron chi connectivity index (χ4n) is 1.18. The van der Waals surface area contributed by atoms with Crippen LogP contribution in [0.3, 0.4) is 0 Å². The Morgan fingerprint density at radius 1 is 1.15 bits per heavy atom. The first kappa shape index (κ1) is 10.4. The largest absolute Gasteiger partial charge is 0.294 e. The average molecular weight is 288 g/mol. The van der Waals surface area contributed by atoms with Crippen LogP contribution in [-0.2, 0) is 0 Å². The van der Waals surface area contributed by atoms with Crippen LogP contribution in [0.15, 0.2) is 18.2 Å². The predicted molar refractivity (Wildman–Crippen MR) is 59.2 cm³/mol. The van der Waals surface area contributed by atoms with E-state index in [1.54, 1.807) is 12.1 Å². The van der Waals surface area contributed by atoms with E-state index in [0.717, 1.165) is 3.57 Å². The van der Waals surface area contributed by atoms with Gasteiger partial charge in [-0.15, -0.1) is 0 Å². The van der Waals surface area contributed by atoms with Crippen LogP contribution >= 0.6 is 22.6 Å². The van der Waals surface area contributed by atoms with Gasteiger partial charge in [0.25, 0.3) is 0 Å². The van der Waals surface area contributed by atoms with Gasteiger partial charge < -0.3 is 0 Å². The molecule has 0 aliphatic rings. The maximum atomic E-state index is 11.2. The molecule has 1 aromatic carbocycles. The third kappa shape index (κ3) is 2.15. The monoisotopic (exact) mass is 288 g/mol. The quantitative estimate of drug-likeness (QED) is 0.619. The molecular weight excluding hydrogens is 279 g/mol. The van der Waals surface area contributed by atoms with Gasteiger partial charge in [0.2, 0.25) is 0 Å². The Kier molecular flexibility index (Phi) is 3.19.